The van der Waals surface area contributed by atoms with Crippen molar-refractivity contribution in [2.75, 3.05) is 5.32 Å². The van der Waals surface area contributed by atoms with Crippen molar-refractivity contribution in [1.29, 1.82) is 0 Å². The predicted octanol–water partition coefficient (Wildman–Crippen LogP) is 3.16. The number of anilines is 1. The maximum atomic E-state index is 6.08. The molecule has 0 amide bonds. The minimum atomic E-state index is 0.248. The summed E-state index contributed by atoms with van der Waals surface area (Å²) in [5, 5.41) is 7.51. The van der Waals surface area contributed by atoms with Gasteiger partial charge in [0.2, 0.25) is 0 Å². The van der Waals surface area contributed by atoms with Gasteiger partial charge in [0.25, 0.3) is 0 Å². The minimum absolute atomic E-state index is 0.248. The van der Waals surface area contributed by atoms with Crippen LogP contribution in [-0.2, 0) is 6.54 Å². The lowest BCUT2D eigenvalue weighted by molar-refractivity contribution is 0.384. The van der Waals surface area contributed by atoms with Crippen molar-refractivity contribution in [2.24, 2.45) is 0 Å². The van der Waals surface area contributed by atoms with E-state index in [1.807, 2.05) is 26.8 Å². The van der Waals surface area contributed by atoms with Crippen LogP contribution >= 0.6 is 11.6 Å². The van der Waals surface area contributed by atoms with Crippen LogP contribution in [0.4, 0.5) is 5.82 Å². The smallest absolute Gasteiger partial charge is 0.156 e. The van der Waals surface area contributed by atoms with Gasteiger partial charge < -0.3 is 9.84 Å². The third-order valence-corrected chi connectivity index (χ3v) is 2.82. The zero-order valence-electron chi connectivity index (χ0n) is 10.6. The minimum Gasteiger partial charge on any atom is -0.362 e. The van der Waals surface area contributed by atoms with Crippen LogP contribution in [0.5, 0.6) is 0 Å². The molecule has 0 fully saturated rings. The van der Waals surface area contributed by atoms with E-state index in [4.69, 9.17) is 16.1 Å². The molecule has 0 bridgehead atoms. The lowest BCUT2D eigenvalue weighted by Gasteiger charge is -2.13. The molecule has 0 spiro atoms. The summed E-state index contributed by atoms with van der Waals surface area (Å²) in [4.78, 5) is 8.21. The second-order valence-corrected chi connectivity index (χ2v) is 4.73. The lowest BCUT2D eigenvalue weighted by atomic mass is 10.1. The molecule has 0 saturated heterocycles. The van der Waals surface area contributed by atoms with E-state index in [1.54, 1.807) is 0 Å². The number of hydrogen-bond donors (Lipinski definition) is 1. The normalized spacial score (nSPS) is 10.9. The van der Waals surface area contributed by atoms with E-state index >= 15 is 0 Å². The zero-order chi connectivity index (χ0) is 13.1. The lowest BCUT2D eigenvalue weighted by Crippen LogP contribution is -2.06. The molecule has 0 aliphatic rings. The Morgan fingerprint density at radius 1 is 1.39 bits per heavy atom. The van der Waals surface area contributed by atoms with Gasteiger partial charge in [-0.05, 0) is 12.8 Å². The van der Waals surface area contributed by atoms with Crippen molar-refractivity contribution in [1.82, 2.24) is 15.1 Å². The highest BCUT2D eigenvalue weighted by molar-refractivity contribution is 6.30. The molecule has 2 aromatic heterocycles. The molecule has 2 rings (SSSR count). The Hall–Kier alpha value is -1.62. The zero-order valence-corrected chi connectivity index (χ0v) is 11.3. The Morgan fingerprint density at radius 3 is 2.78 bits per heavy atom. The van der Waals surface area contributed by atoms with E-state index in [2.05, 4.69) is 20.4 Å². The van der Waals surface area contributed by atoms with Gasteiger partial charge in [-0.3, -0.25) is 0 Å². The third kappa shape index (κ3) is 2.79. The highest BCUT2D eigenvalue weighted by Gasteiger charge is 2.13. The first-order valence-electron chi connectivity index (χ1n) is 5.74. The van der Waals surface area contributed by atoms with Crippen molar-refractivity contribution in [3.8, 4) is 0 Å². The number of nitrogens with one attached hydrogen (secondary N) is 1. The molecule has 0 saturated carbocycles. The summed E-state index contributed by atoms with van der Waals surface area (Å²) in [5.41, 5.74) is 1.77. The summed E-state index contributed by atoms with van der Waals surface area (Å²) in [6.07, 6.45) is 1.45. The molecule has 0 aromatic carbocycles. The summed E-state index contributed by atoms with van der Waals surface area (Å²) in [5.74, 6) is 1.74. The van der Waals surface area contributed by atoms with E-state index in [9.17, 15) is 0 Å². The fourth-order valence-electron chi connectivity index (χ4n) is 1.70. The van der Waals surface area contributed by atoms with Gasteiger partial charge in [-0.25, -0.2) is 9.97 Å². The van der Waals surface area contributed by atoms with Crippen LogP contribution in [0, 0.1) is 6.92 Å². The van der Waals surface area contributed by atoms with Gasteiger partial charge in [0.15, 0.2) is 5.76 Å². The first-order chi connectivity index (χ1) is 8.58. The van der Waals surface area contributed by atoms with Crippen LogP contribution < -0.4 is 5.32 Å². The van der Waals surface area contributed by atoms with Crippen LogP contribution in [0.3, 0.4) is 0 Å². The number of aromatic nitrogens is 3. The maximum Gasteiger partial charge on any atom is 0.156 e. The van der Waals surface area contributed by atoms with Gasteiger partial charge in [-0.2, -0.15) is 0 Å². The second kappa shape index (κ2) is 5.35. The molecule has 2 heterocycles. The second-order valence-electron chi connectivity index (χ2n) is 4.37. The van der Waals surface area contributed by atoms with Gasteiger partial charge in [0, 0.05) is 11.6 Å². The largest absolute Gasteiger partial charge is 0.362 e. The molecule has 1 N–H and O–H groups in total. The fourth-order valence-corrected chi connectivity index (χ4v) is 2.05. The van der Waals surface area contributed by atoms with Gasteiger partial charge in [-0.1, -0.05) is 30.6 Å². The summed E-state index contributed by atoms with van der Waals surface area (Å²) < 4.78 is 5.13. The number of halogens is 1. The standard InChI is InChI=1S/C12H15ClN4O/c1-7(2)10-11(13)15-6-16-12(10)14-5-9-4-8(3)17-18-9/h4,6-7H,5H2,1-3H3,(H,14,15,16). The highest BCUT2D eigenvalue weighted by atomic mass is 35.5. The van der Waals surface area contributed by atoms with E-state index in [0.717, 1.165) is 22.8 Å². The van der Waals surface area contributed by atoms with Gasteiger partial charge >= 0.3 is 0 Å². The average Bonchev–Trinajstić information content (AvgIpc) is 2.72. The van der Waals surface area contributed by atoms with E-state index in [-0.39, 0.29) is 5.92 Å². The monoisotopic (exact) mass is 266 g/mol. The molecule has 0 atom stereocenters. The Morgan fingerprint density at radius 2 is 2.17 bits per heavy atom. The molecule has 0 unspecified atom stereocenters. The molecule has 0 aliphatic heterocycles. The Kier molecular flexibility index (Phi) is 3.81. The summed E-state index contributed by atoms with van der Waals surface area (Å²) in [7, 11) is 0. The summed E-state index contributed by atoms with van der Waals surface area (Å²) in [6, 6.07) is 1.88. The molecule has 2 aromatic rings. The van der Waals surface area contributed by atoms with E-state index in [1.165, 1.54) is 6.33 Å². The van der Waals surface area contributed by atoms with Crippen molar-refractivity contribution >= 4 is 17.4 Å². The quantitative estimate of drug-likeness (QED) is 0.861. The Labute approximate surface area is 111 Å². The molecule has 18 heavy (non-hydrogen) atoms. The SMILES string of the molecule is Cc1cc(CNc2ncnc(Cl)c2C(C)C)on1. The van der Waals surface area contributed by atoms with Crippen molar-refractivity contribution in [2.45, 2.75) is 33.2 Å². The predicted molar refractivity (Wildman–Crippen MR) is 69.7 cm³/mol. The summed E-state index contributed by atoms with van der Waals surface area (Å²) in [6.45, 7) is 6.50. The highest BCUT2D eigenvalue weighted by Crippen LogP contribution is 2.28. The van der Waals surface area contributed by atoms with Crippen LogP contribution in [0.25, 0.3) is 0 Å². The average molecular weight is 267 g/mol. The van der Waals surface area contributed by atoms with Gasteiger partial charge in [0.1, 0.15) is 17.3 Å². The van der Waals surface area contributed by atoms with E-state index in [0.29, 0.717) is 11.7 Å². The van der Waals surface area contributed by atoms with Crippen molar-refractivity contribution in [3.63, 3.8) is 0 Å². The summed E-state index contributed by atoms with van der Waals surface area (Å²) >= 11 is 6.08. The van der Waals surface area contributed by atoms with E-state index < -0.39 is 0 Å². The van der Waals surface area contributed by atoms with Crippen molar-refractivity contribution < 1.29 is 4.52 Å². The molecule has 0 aliphatic carbocycles. The van der Waals surface area contributed by atoms with Crippen LogP contribution in [-0.4, -0.2) is 15.1 Å². The topological polar surface area (TPSA) is 63.8 Å². The molecule has 0 radical (unpaired) electrons. The molecular formula is C12H15ClN4O. The fraction of sp³-hybridized carbons (Fsp3) is 0.417. The van der Waals surface area contributed by atoms with Gasteiger partial charge in [0.05, 0.1) is 12.2 Å². The number of rotatable bonds is 4. The molecular weight excluding hydrogens is 252 g/mol. The number of nitrogens with zero attached hydrogens (tertiary/aromatic N) is 3. The molecule has 5 nitrogen and oxygen atoms in total. The maximum absolute atomic E-state index is 6.08. The van der Waals surface area contributed by atoms with Gasteiger partial charge in [-0.15, -0.1) is 0 Å². The molecule has 96 valence electrons. The Bertz CT molecular complexity index is 539. The first-order valence-corrected chi connectivity index (χ1v) is 6.12. The number of hydrogen-bond acceptors (Lipinski definition) is 5. The molecule has 6 heteroatoms. The van der Waals surface area contributed by atoms with Crippen LogP contribution in [0.15, 0.2) is 16.9 Å². The number of aryl methyl sites for hydroxylation is 1. The van der Waals surface area contributed by atoms with Crippen LogP contribution in [0.1, 0.15) is 36.8 Å². The third-order valence-electron chi connectivity index (χ3n) is 2.52. The Balaban J connectivity index is 2.16. The van der Waals surface area contributed by atoms with Crippen molar-refractivity contribution in [3.05, 3.63) is 34.6 Å². The first kappa shape index (κ1) is 12.8. The van der Waals surface area contributed by atoms with Crippen LogP contribution in [0.2, 0.25) is 5.15 Å².